The third kappa shape index (κ3) is 2.99. The van der Waals surface area contributed by atoms with Gasteiger partial charge in [0.15, 0.2) is 0 Å². The van der Waals surface area contributed by atoms with Crippen molar-refractivity contribution < 1.29 is 4.79 Å². The summed E-state index contributed by atoms with van der Waals surface area (Å²) in [6.45, 7) is 0.340. The topological polar surface area (TPSA) is 85.8 Å². The zero-order valence-corrected chi connectivity index (χ0v) is 11.9. The van der Waals surface area contributed by atoms with Crippen LogP contribution in [0.25, 0.3) is 5.69 Å². The van der Waals surface area contributed by atoms with Crippen LogP contribution in [0.5, 0.6) is 0 Å². The van der Waals surface area contributed by atoms with E-state index in [1.54, 1.807) is 16.3 Å². The third-order valence-electron chi connectivity index (χ3n) is 2.83. The molecule has 21 heavy (non-hydrogen) atoms. The number of carbonyl (C=O) groups is 1. The number of anilines is 1. The Morgan fingerprint density at radius 1 is 1.38 bits per heavy atom. The maximum Gasteiger partial charge on any atom is 0.275 e. The van der Waals surface area contributed by atoms with E-state index in [9.17, 15) is 4.79 Å². The van der Waals surface area contributed by atoms with Crippen molar-refractivity contribution in [3.8, 4) is 5.69 Å². The minimum Gasteiger partial charge on any atom is -0.325 e. The zero-order chi connectivity index (χ0) is 14.7. The first kappa shape index (κ1) is 13.5. The molecule has 3 rings (SSSR count). The molecule has 106 valence electrons. The molecule has 3 aromatic rings. The Balaban J connectivity index is 1.78. The number of nitrogens with zero attached hydrogens (tertiary/aromatic N) is 3. The summed E-state index contributed by atoms with van der Waals surface area (Å²) in [7, 11) is 0. The highest BCUT2D eigenvalue weighted by atomic mass is 32.1. The number of nitrogens with two attached hydrogens (primary N) is 1. The van der Waals surface area contributed by atoms with Gasteiger partial charge in [-0.2, -0.15) is 5.10 Å². The molecule has 7 heteroatoms. The molecule has 3 N–H and O–H groups in total. The first-order chi connectivity index (χ1) is 10.3. The summed E-state index contributed by atoms with van der Waals surface area (Å²) in [5, 5.41) is 9.42. The molecular weight excluding hydrogens is 286 g/mol. The highest BCUT2D eigenvalue weighted by molar-refractivity contribution is 7.09. The summed E-state index contributed by atoms with van der Waals surface area (Å²) in [5.41, 5.74) is 7.44. The lowest BCUT2D eigenvalue weighted by atomic mass is 10.2. The second kappa shape index (κ2) is 5.86. The summed E-state index contributed by atoms with van der Waals surface area (Å²) in [4.78, 5) is 16.3. The standard InChI is InChI=1S/C14H13N5OS/c15-8-13-18-12(9-21-13)14(20)17-10-3-1-4-11(7-10)19-6-2-5-16-19/h1-7,9H,8,15H2,(H,17,20). The lowest BCUT2D eigenvalue weighted by Gasteiger charge is -2.06. The van der Waals surface area contributed by atoms with Crippen molar-refractivity contribution in [1.82, 2.24) is 14.8 Å². The fourth-order valence-electron chi connectivity index (χ4n) is 1.85. The van der Waals surface area contributed by atoms with Crippen molar-refractivity contribution in [2.45, 2.75) is 6.54 Å². The molecule has 0 unspecified atom stereocenters. The molecule has 1 aromatic carbocycles. The van der Waals surface area contributed by atoms with Crippen molar-refractivity contribution in [3.63, 3.8) is 0 Å². The van der Waals surface area contributed by atoms with E-state index in [1.165, 1.54) is 11.3 Å². The number of nitrogens with one attached hydrogen (secondary N) is 1. The predicted octanol–water partition coefficient (Wildman–Crippen LogP) is 2.04. The van der Waals surface area contributed by atoms with E-state index < -0.39 is 0 Å². The SMILES string of the molecule is NCc1nc(C(=O)Nc2cccc(-n3cccn3)c2)cs1. The Hall–Kier alpha value is -2.51. The van der Waals surface area contributed by atoms with E-state index in [1.807, 2.05) is 36.5 Å². The second-order valence-corrected chi connectivity index (χ2v) is 5.23. The van der Waals surface area contributed by atoms with Crippen molar-refractivity contribution >= 4 is 22.9 Å². The van der Waals surface area contributed by atoms with E-state index in [0.717, 1.165) is 10.7 Å². The Morgan fingerprint density at radius 2 is 2.29 bits per heavy atom. The van der Waals surface area contributed by atoms with Crippen LogP contribution in [0.2, 0.25) is 0 Å². The molecule has 0 spiro atoms. The van der Waals surface area contributed by atoms with E-state index in [2.05, 4.69) is 15.4 Å². The molecule has 0 aliphatic rings. The number of hydrogen-bond donors (Lipinski definition) is 2. The summed E-state index contributed by atoms with van der Waals surface area (Å²) in [6.07, 6.45) is 3.55. The predicted molar refractivity (Wildman–Crippen MR) is 81.5 cm³/mol. The molecule has 0 atom stereocenters. The lowest BCUT2D eigenvalue weighted by Crippen LogP contribution is -2.13. The average molecular weight is 299 g/mol. The molecule has 6 nitrogen and oxygen atoms in total. The van der Waals surface area contributed by atoms with Gasteiger partial charge >= 0.3 is 0 Å². The van der Waals surface area contributed by atoms with Crippen LogP contribution in [0.1, 0.15) is 15.5 Å². The van der Waals surface area contributed by atoms with Crippen LogP contribution in [-0.2, 0) is 6.54 Å². The van der Waals surface area contributed by atoms with E-state index in [-0.39, 0.29) is 5.91 Å². The highest BCUT2D eigenvalue weighted by Crippen LogP contribution is 2.16. The first-order valence-electron chi connectivity index (χ1n) is 6.32. The molecular formula is C14H13N5OS. The normalized spacial score (nSPS) is 10.5. The van der Waals surface area contributed by atoms with Crippen molar-refractivity contribution in [2.75, 3.05) is 5.32 Å². The second-order valence-electron chi connectivity index (χ2n) is 4.29. The van der Waals surface area contributed by atoms with Crippen LogP contribution >= 0.6 is 11.3 Å². The molecule has 0 saturated carbocycles. The maximum atomic E-state index is 12.1. The van der Waals surface area contributed by atoms with Crippen LogP contribution in [0, 0.1) is 0 Å². The van der Waals surface area contributed by atoms with Crippen LogP contribution in [0.4, 0.5) is 5.69 Å². The van der Waals surface area contributed by atoms with Gasteiger partial charge in [-0.1, -0.05) is 6.07 Å². The van der Waals surface area contributed by atoms with Gasteiger partial charge in [0.25, 0.3) is 5.91 Å². The van der Waals surface area contributed by atoms with Crippen LogP contribution < -0.4 is 11.1 Å². The summed E-state index contributed by atoms with van der Waals surface area (Å²) in [6, 6.07) is 9.29. The molecule has 2 heterocycles. The van der Waals surface area contributed by atoms with Gasteiger partial charge in [-0.15, -0.1) is 11.3 Å². The smallest absolute Gasteiger partial charge is 0.275 e. The lowest BCUT2D eigenvalue weighted by molar-refractivity contribution is 0.102. The number of aromatic nitrogens is 3. The molecule has 0 radical (unpaired) electrons. The number of benzene rings is 1. The van der Waals surface area contributed by atoms with E-state index in [4.69, 9.17) is 5.73 Å². The first-order valence-corrected chi connectivity index (χ1v) is 7.20. The van der Waals surface area contributed by atoms with Crippen molar-refractivity contribution in [1.29, 1.82) is 0 Å². The van der Waals surface area contributed by atoms with Crippen molar-refractivity contribution in [3.05, 3.63) is 58.8 Å². The van der Waals surface area contributed by atoms with Crippen LogP contribution in [0.15, 0.2) is 48.1 Å². The number of carbonyl (C=O) groups excluding carboxylic acids is 1. The quantitative estimate of drug-likeness (QED) is 0.772. The Kier molecular flexibility index (Phi) is 3.76. The minimum atomic E-state index is -0.247. The molecule has 0 aliphatic carbocycles. The number of rotatable bonds is 4. The Labute approximate surface area is 125 Å². The number of amides is 1. The molecule has 1 amide bonds. The van der Waals surface area contributed by atoms with E-state index in [0.29, 0.717) is 17.9 Å². The molecule has 0 aliphatic heterocycles. The Morgan fingerprint density at radius 3 is 3.00 bits per heavy atom. The third-order valence-corrected chi connectivity index (χ3v) is 3.70. The average Bonchev–Trinajstić information content (AvgIpc) is 3.19. The maximum absolute atomic E-state index is 12.1. The summed E-state index contributed by atoms with van der Waals surface area (Å²) >= 11 is 1.38. The fraction of sp³-hybridized carbons (Fsp3) is 0.0714. The number of hydrogen-bond acceptors (Lipinski definition) is 5. The summed E-state index contributed by atoms with van der Waals surface area (Å²) < 4.78 is 1.73. The van der Waals surface area contributed by atoms with Gasteiger partial charge in [-0.25, -0.2) is 9.67 Å². The highest BCUT2D eigenvalue weighted by Gasteiger charge is 2.10. The minimum absolute atomic E-state index is 0.247. The van der Waals surface area contributed by atoms with Gasteiger partial charge in [-0.3, -0.25) is 4.79 Å². The van der Waals surface area contributed by atoms with Gasteiger partial charge in [-0.05, 0) is 24.3 Å². The van der Waals surface area contributed by atoms with Gasteiger partial charge < -0.3 is 11.1 Å². The largest absolute Gasteiger partial charge is 0.325 e. The molecule has 0 fully saturated rings. The van der Waals surface area contributed by atoms with E-state index >= 15 is 0 Å². The zero-order valence-electron chi connectivity index (χ0n) is 11.1. The molecule has 0 bridgehead atoms. The Bertz CT molecular complexity index is 750. The molecule has 0 saturated heterocycles. The van der Waals surface area contributed by atoms with Crippen LogP contribution in [0.3, 0.4) is 0 Å². The summed E-state index contributed by atoms with van der Waals surface area (Å²) in [5.74, 6) is -0.247. The van der Waals surface area contributed by atoms with Gasteiger partial charge in [0.2, 0.25) is 0 Å². The fourth-order valence-corrected chi connectivity index (χ4v) is 2.51. The van der Waals surface area contributed by atoms with Gasteiger partial charge in [0.1, 0.15) is 10.7 Å². The monoisotopic (exact) mass is 299 g/mol. The van der Waals surface area contributed by atoms with Gasteiger partial charge in [0, 0.05) is 30.0 Å². The number of thiazole rings is 1. The van der Waals surface area contributed by atoms with Crippen LogP contribution in [-0.4, -0.2) is 20.7 Å². The molecule has 2 aromatic heterocycles. The van der Waals surface area contributed by atoms with Gasteiger partial charge in [0.05, 0.1) is 5.69 Å². The van der Waals surface area contributed by atoms with Crippen molar-refractivity contribution in [2.24, 2.45) is 5.73 Å².